The van der Waals surface area contributed by atoms with Crippen LogP contribution in [0.3, 0.4) is 0 Å². The molecule has 9 nitrogen and oxygen atoms in total. The lowest BCUT2D eigenvalue weighted by atomic mass is 9.91. The Bertz CT molecular complexity index is 1600. The Labute approximate surface area is 252 Å². The van der Waals surface area contributed by atoms with Crippen LogP contribution >= 0.6 is 0 Å². The number of fused-ring (bicyclic) bond motifs is 2. The zero-order valence-electron chi connectivity index (χ0n) is 24.7. The topological polar surface area (TPSA) is 106 Å². The number of aromatic nitrogens is 2. The fourth-order valence-corrected chi connectivity index (χ4v) is 6.32. The van der Waals surface area contributed by atoms with Crippen molar-refractivity contribution in [3.05, 3.63) is 107 Å². The largest absolute Gasteiger partial charge is 0.411 e. The van der Waals surface area contributed by atoms with Gasteiger partial charge in [-0.2, -0.15) is 0 Å². The molecule has 222 valence electrons. The van der Waals surface area contributed by atoms with Crippen LogP contribution in [0, 0.1) is 0 Å². The molecule has 0 bridgehead atoms. The number of carbonyl (C=O) groups excluding carboxylic acids is 2. The number of carbonyl (C=O) groups is 2. The average Bonchev–Trinajstić information content (AvgIpc) is 3.40. The number of primary amides is 1. The van der Waals surface area contributed by atoms with Gasteiger partial charge in [0.05, 0.1) is 12.6 Å². The fourth-order valence-electron chi connectivity index (χ4n) is 6.32. The van der Waals surface area contributed by atoms with Crippen LogP contribution in [-0.2, 0) is 30.8 Å². The first-order valence-corrected chi connectivity index (χ1v) is 15.0. The van der Waals surface area contributed by atoms with Crippen molar-refractivity contribution >= 4 is 23.4 Å². The van der Waals surface area contributed by atoms with E-state index >= 15 is 0 Å². The summed E-state index contributed by atoms with van der Waals surface area (Å²) in [5.74, 6) is 1.69. The molecule has 4 aromatic rings. The van der Waals surface area contributed by atoms with Crippen molar-refractivity contribution in [2.75, 3.05) is 16.8 Å². The van der Waals surface area contributed by atoms with E-state index in [-0.39, 0.29) is 18.0 Å². The summed E-state index contributed by atoms with van der Waals surface area (Å²) >= 11 is 0. The van der Waals surface area contributed by atoms with Crippen molar-refractivity contribution < 1.29 is 14.3 Å². The minimum absolute atomic E-state index is 0.131. The number of anilines is 2. The van der Waals surface area contributed by atoms with Gasteiger partial charge in [0.15, 0.2) is 0 Å². The van der Waals surface area contributed by atoms with Gasteiger partial charge in [-0.15, -0.1) is 0 Å². The van der Waals surface area contributed by atoms with Gasteiger partial charge in [0.25, 0.3) is 0 Å². The summed E-state index contributed by atoms with van der Waals surface area (Å²) < 4.78 is 7.27. The Morgan fingerprint density at radius 3 is 2.49 bits per heavy atom. The van der Waals surface area contributed by atoms with Crippen LogP contribution in [0.5, 0.6) is 5.75 Å². The number of rotatable bonds is 8. The predicted octanol–water partition coefficient (Wildman–Crippen LogP) is 5.64. The molecule has 0 saturated heterocycles. The van der Waals surface area contributed by atoms with Crippen molar-refractivity contribution in [3.63, 3.8) is 0 Å². The molecule has 3 aromatic carbocycles. The van der Waals surface area contributed by atoms with Crippen LogP contribution in [0.25, 0.3) is 0 Å². The normalized spacial score (nSPS) is 18.0. The molecule has 2 aliphatic rings. The third-order valence-corrected chi connectivity index (χ3v) is 8.41. The van der Waals surface area contributed by atoms with Crippen LogP contribution in [-0.4, -0.2) is 39.0 Å². The van der Waals surface area contributed by atoms with Gasteiger partial charge in [0, 0.05) is 61.8 Å². The molecule has 2 amide bonds. The van der Waals surface area contributed by atoms with Crippen molar-refractivity contribution in [1.29, 1.82) is 0 Å². The first-order chi connectivity index (χ1) is 20.9. The molecule has 9 heteroatoms. The summed E-state index contributed by atoms with van der Waals surface area (Å²) in [6.45, 7) is 7.46. The van der Waals surface area contributed by atoms with E-state index in [1.54, 1.807) is 12.1 Å². The lowest BCUT2D eigenvalue weighted by molar-refractivity contribution is -0.118. The zero-order chi connectivity index (χ0) is 29.9. The second-order valence-electron chi connectivity index (χ2n) is 11.4. The number of hydrogen-bond acceptors (Lipinski definition) is 6. The van der Waals surface area contributed by atoms with E-state index in [1.807, 2.05) is 42.3 Å². The predicted molar refractivity (Wildman–Crippen MR) is 167 cm³/mol. The lowest BCUT2D eigenvalue weighted by Gasteiger charge is -2.40. The van der Waals surface area contributed by atoms with Gasteiger partial charge in [-0.3, -0.25) is 9.69 Å². The van der Waals surface area contributed by atoms with Gasteiger partial charge >= 0.3 is 6.09 Å². The van der Waals surface area contributed by atoms with E-state index in [0.717, 1.165) is 61.8 Å². The van der Waals surface area contributed by atoms with Crippen molar-refractivity contribution in [3.8, 4) is 5.75 Å². The van der Waals surface area contributed by atoms with Gasteiger partial charge in [-0.05, 0) is 60.4 Å². The lowest BCUT2D eigenvalue weighted by Crippen LogP contribution is -2.44. The van der Waals surface area contributed by atoms with Crippen molar-refractivity contribution in [2.45, 2.75) is 64.8 Å². The van der Waals surface area contributed by atoms with Crippen LogP contribution < -0.4 is 20.7 Å². The number of para-hydroxylation sites is 1. The Hall–Kier alpha value is -4.63. The molecular weight excluding hydrogens is 540 g/mol. The van der Waals surface area contributed by atoms with Crippen molar-refractivity contribution in [1.82, 2.24) is 14.5 Å². The summed E-state index contributed by atoms with van der Waals surface area (Å²) in [4.78, 5) is 32.7. The minimum atomic E-state index is -0.807. The Morgan fingerprint density at radius 2 is 1.74 bits per heavy atom. The maximum atomic E-state index is 12.7. The Balaban J connectivity index is 1.07. The van der Waals surface area contributed by atoms with E-state index in [9.17, 15) is 9.59 Å². The van der Waals surface area contributed by atoms with E-state index < -0.39 is 6.09 Å². The van der Waals surface area contributed by atoms with Gasteiger partial charge in [-0.1, -0.05) is 49.4 Å². The van der Waals surface area contributed by atoms with Gasteiger partial charge in [0.1, 0.15) is 11.6 Å². The monoisotopic (exact) mass is 578 g/mol. The summed E-state index contributed by atoms with van der Waals surface area (Å²) in [6.07, 6.45) is 3.38. The summed E-state index contributed by atoms with van der Waals surface area (Å²) in [7, 11) is 0. The molecule has 3 N–H and O–H groups in total. The maximum absolute atomic E-state index is 12.7. The number of benzene rings is 3. The fraction of sp³-hybridized carbons (Fsp3) is 0.324. The second kappa shape index (κ2) is 12.3. The minimum Gasteiger partial charge on any atom is -0.411 e. The van der Waals surface area contributed by atoms with Gasteiger partial charge in [-0.25, -0.2) is 9.78 Å². The van der Waals surface area contributed by atoms with E-state index in [2.05, 4.69) is 58.1 Å². The quantitative estimate of drug-likeness (QED) is 0.281. The number of imidazole rings is 1. The Morgan fingerprint density at radius 1 is 1.00 bits per heavy atom. The smallest absolute Gasteiger partial charge is 0.409 e. The molecule has 1 aromatic heterocycles. The first-order valence-electron chi connectivity index (χ1n) is 15.0. The molecule has 0 radical (unpaired) electrons. The highest BCUT2D eigenvalue weighted by molar-refractivity contribution is 5.95. The average molecular weight is 579 g/mol. The highest BCUT2D eigenvalue weighted by Crippen LogP contribution is 2.39. The van der Waals surface area contributed by atoms with Crippen LogP contribution in [0.2, 0.25) is 0 Å². The summed E-state index contributed by atoms with van der Waals surface area (Å²) in [5, 5.41) is 3.73. The molecule has 0 saturated carbocycles. The van der Waals surface area contributed by atoms with Crippen molar-refractivity contribution in [2.24, 2.45) is 5.73 Å². The SMILES string of the molecule is CCC(=O)N1c2ccccc2[C@H](Nc2ccc(Cc3cnc4n3CCN(Cc3ccc(OC(N)=O)cc3)C4)cc2)C[C@@H]1C. The van der Waals surface area contributed by atoms with E-state index in [4.69, 9.17) is 15.5 Å². The molecule has 0 aliphatic carbocycles. The molecule has 43 heavy (non-hydrogen) atoms. The summed E-state index contributed by atoms with van der Waals surface area (Å²) in [6, 6.07) is 24.6. The van der Waals surface area contributed by atoms with E-state index in [1.165, 1.54) is 16.8 Å². The second-order valence-corrected chi connectivity index (χ2v) is 11.4. The highest BCUT2D eigenvalue weighted by atomic mass is 16.5. The number of nitrogens with one attached hydrogen (secondary N) is 1. The molecular formula is C34H38N6O3. The van der Waals surface area contributed by atoms with Crippen LogP contribution in [0.15, 0.2) is 79.0 Å². The third kappa shape index (κ3) is 6.27. The summed E-state index contributed by atoms with van der Waals surface area (Å²) in [5.41, 5.74) is 12.0. The highest BCUT2D eigenvalue weighted by Gasteiger charge is 2.32. The molecule has 2 aliphatic heterocycles. The van der Waals surface area contributed by atoms with Gasteiger partial charge < -0.3 is 25.3 Å². The van der Waals surface area contributed by atoms with E-state index in [0.29, 0.717) is 12.2 Å². The first kappa shape index (κ1) is 28.5. The molecule has 0 spiro atoms. The molecule has 0 unspecified atom stereocenters. The zero-order valence-corrected chi connectivity index (χ0v) is 24.7. The molecule has 6 rings (SSSR count). The molecule has 0 fully saturated rings. The molecule has 2 atom stereocenters. The van der Waals surface area contributed by atoms with Gasteiger partial charge in [0.2, 0.25) is 5.91 Å². The third-order valence-electron chi connectivity index (χ3n) is 8.41. The number of nitrogens with zero attached hydrogens (tertiary/aromatic N) is 4. The maximum Gasteiger partial charge on any atom is 0.409 e. The number of ether oxygens (including phenoxy) is 1. The van der Waals surface area contributed by atoms with Crippen LogP contribution in [0.1, 0.15) is 60.9 Å². The van der Waals surface area contributed by atoms with Crippen LogP contribution in [0.4, 0.5) is 16.2 Å². The number of amides is 2. The number of nitrogens with two attached hydrogens (primary N) is 1. The Kier molecular flexibility index (Phi) is 8.16. The number of hydrogen-bond donors (Lipinski definition) is 2. The standard InChI is InChI=1S/C34H38N6O3/c1-3-33(41)40-23(2)18-30(29-6-4-5-7-31(29)40)37-26-12-8-24(9-13-26)19-27-20-36-32-22-38(16-17-39(27)32)21-25-10-14-28(15-11-25)43-34(35)42/h4-15,20,23,30,37H,3,16-19,21-22H2,1-2H3,(H2,35,42)/t23-,30+/m0/s1. The molecule has 3 heterocycles.